The van der Waals surface area contributed by atoms with Crippen LogP contribution in [0.4, 0.5) is 0 Å². The van der Waals surface area contributed by atoms with Gasteiger partial charge >= 0.3 is 5.97 Å². The van der Waals surface area contributed by atoms with Gasteiger partial charge in [-0.3, -0.25) is 0 Å². The molecule has 1 aromatic carbocycles. The summed E-state index contributed by atoms with van der Waals surface area (Å²) >= 11 is 0. The molecule has 0 aliphatic carbocycles. The van der Waals surface area contributed by atoms with E-state index in [1.54, 1.807) is 36.4 Å². The molecule has 0 fully saturated rings. The van der Waals surface area contributed by atoms with Crippen molar-refractivity contribution in [3.63, 3.8) is 0 Å². The number of methoxy groups -OCH3 is 2. The van der Waals surface area contributed by atoms with E-state index in [-0.39, 0.29) is 11.5 Å². The summed E-state index contributed by atoms with van der Waals surface area (Å²) in [6, 6.07) is 6.68. The fourth-order valence-corrected chi connectivity index (χ4v) is 1.15. The van der Waals surface area contributed by atoms with E-state index in [0.717, 1.165) is 5.56 Å². The molecule has 90 valence electrons. The van der Waals surface area contributed by atoms with Gasteiger partial charge in [-0.25, -0.2) is 4.79 Å². The summed E-state index contributed by atoms with van der Waals surface area (Å²) in [5.41, 5.74) is 0.902. The zero-order valence-electron chi connectivity index (χ0n) is 9.71. The lowest BCUT2D eigenvalue weighted by Gasteiger charge is -2.01. The van der Waals surface area contributed by atoms with E-state index in [2.05, 4.69) is 4.74 Å². The van der Waals surface area contributed by atoms with Crippen LogP contribution >= 0.6 is 0 Å². The van der Waals surface area contributed by atoms with Gasteiger partial charge in [0.2, 0.25) is 5.76 Å². The molecule has 0 heterocycles. The maximum atomic E-state index is 11.1. The lowest BCUT2D eigenvalue weighted by atomic mass is 10.2. The predicted molar refractivity (Wildman–Crippen MR) is 64.2 cm³/mol. The second kappa shape index (κ2) is 6.37. The molecule has 17 heavy (non-hydrogen) atoms. The number of benzene rings is 1. The van der Waals surface area contributed by atoms with E-state index in [1.165, 1.54) is 20.3 Å². The Morgan fingerprint density at radius 3 is 2.35 bits per heavy atom. The average Bonchev–Trinajstić information content (AvgIpc) is 2.36. The topological polar surface area (TPSA) is 55.8 Å². The number of phenolic OH excluding ortho intramolecular Hbond substituents is 1. The van der Waals surface area contributed by atoms with Crippen molar-refractivity contribution in [2.24, 2.45) is 0 Å². The Kier molecular flexibility index (Phi) is 4.81. The predicted octanol–water partition coefficient (Wildman–Crippen LogP) is 2.11. The minimum absolute atomic E-state index is 0.127. The van der Waals surface area contributed by atoms with Crippen LogP contribution in [-0.2, 0) is 14.3 Å². The number of rotatable bonds is 4. The molecule has 1 aromatic rings. The van der Waals surface area contributed by atoms with E-state index in [4.69, 9.17) is 9.84 Å². The number of hydrogen-bond donors (Lipinski definition) is 1. The first-order chi connectivity index (χ1) is 8.17. The zero-order valence-corrected chi connectivity index (χ0v) is 9.71. The molecule has 1 N–H and O–H groups in total. The molecular formula is C13H14O4. The summed E-state index contributed by atoms with van der Waals surface area (Å²) in [6.45, 7) is 0. The number of carbonyl (C=O) groups is 1. The molecule has 4 heteroatoms. The van der Waals surface area contributed by atoms with Gasteiger partial charge in [-0.05, 0) is 23.8 Å². The fourth-order valence-electron chi connectivity index (χ4n) is 1.15. The standard InChI is InChI=1S/C13H14O4/c1-16-12(13(15)17-2)5-3-4-10-6-8-11(14)9-7-10/h3-9,14H,1-2H3. The molecule has 0 unspecified atom stereocenters. The van der Waals surface area contributed by atoms with Crippen LogP contribution in [0.25, 0.3) is 6.08 Å². The van der Waals surface area contributed by atoms with Crippen molar-refractivity contribution in [2.45, 2.75) is 0 Å². The minimum atomic E-state index is -0.525. The fraction of sp³-hybridized carbons (Fsp3) is 0.154. The van der Waals surface area contributed by atoms with Gasteiger partial charge in [0.15, 0.2) is 0 Å². The highest BCUT2D eigenvalue weighted by molar-refractivity contribution is 5.86. The quantitative estimate of drug-likeness (QED) is 0.375. The maximum absolute atomic E-state index is 11.1. The second-order valence-electron chi connectivity index (χ2n) is 3.18. The van der Waals surface area contributed by atoms with E-state index in [1.807, 2.05) is 0 Å². The maximum Gasteiger partial charge on any atom is 0.373 e. The van der Waals surface area contributed by atoms with Gasteiger partial charge < -0.3 is 14.6 Å². The molecule has 0 bridgehead atoms. The van der Waals surface area contributed by atoms with Crippen molar-refractivity contribution < 1.29 is 19.4 Å². The number of hydrogen-bond acceptors (Lipinski definition) is 4. The Morgan fingerprint density at radius 1 is 1.18 bits per heavy atom. The van der Waals surface area contributed by atoms with Gasteiger partial charge in [-0.15, -0.1) is 0 Å². The summed E-state index contributed by atoms with van der Waals surface area (Å²) in [7, 11) is 2.69. The molecule has 0 saturated carbocycles. The van der Waals surface area contributed by atoms with Crippen molar-refractivity contribution >= 4 is 12.0 Å². The largest absolute Gasteiger partial charge is 0.508 e. The Balaban J connectivity index is 2.73. The van der Waals surface area contributed by atoms with Crippen LogP contribution in [0.1, 0.15) is 5.56 Å². The first kappa shape index (κ1) is 12.8. The van der Waals surface area contributed by atoms with Gasteiger partial charge in [0, 0.05) is 0 Å². The van der Waals surface area contributed by atoms with Crippen molar-refractivity contribution in [2.75, 3.05) is 14.2 Å². The lowest BCUT2D eigenvalue weighted by molar-refractivity contribution is -0.139. The normalized spacial score (nSPS) is 11.5. The highest BCUT2D eigenvalue weighted by Gasteiger charge is 2.06. The Morgan fingerprint density at radius 2 is 1.82 bits per heavy atom. The number of allylic oxidation sites excluding steroid dienone is 2. The van der Waals surface area contributed by atoms with Crippen LogP contribution in [0.5, 0.6) is 5.75 Å². The van der Waals surface area contributed by atoms with Crippen LogP contribution in [-0.4, -0.2) is 25.3 Å². The molecule has 1 rings (SSSR count). The number of esters is 1. The third-order valence-corrected chi connectivity index (χ3v) is 2.04. The van der Waals surface area contributed by atoms with Crippen LogP contribution in [0.3, 0.4) is 0 Å². The highest BCUT2D eigenvalue weighted by atomic mass is 16.6. The summed E-state index contributed by atoms with van der Waals surface area (Å²) in [6.07, 6.45) is 4.96. The van der Waals surface area contributed by atoms with Crippen molar-refractivity contribution in [1.82, 2.24) is 0 Å². The summed E-state index contributed by atoms with van der Waals surface area (Å²) in [4.78, 5) is 11.1. The number of aromatic hydroxyl groups is 1. The second-order valence-corrected chi connectivity index (χ2v) is 3.18. The van der Waals surface area contributed by atoms with E-state index in [9.17, 15) is 4.79 Å². The summed E-state index contributed by atoms with van der Waals surface area (Å²) in [5, 5.41) is 9.10. The van der Waals surface area contributed by atoms with Crippen LogP contribution in [0.15, 0.2) is 42.2 Å². The van der Waals surface area contributed by atoms with Crippen LogP contribution in [0.2, 0.25) is 0 Å². The van der Waals surface area contributed by atoms with Crippen LogP contribution < -0.4 is 0 Å². The van der Waals surface area contributed by atoms with Crippen molar-refractivity contribution in [3.05, 3.63) is 47.7 Å². The van der Waals surface area contributed by atoms with Gasteiger partial charge in [0.25, 0.3) is 0 Å². The van der Waals surface area contributed by atoms with Gasteiger partial charge in [-0.2, -0.15) is 0 Å². The lowest BCUT2D eigenvalue weighted by Crippen LogP contribution is -2.05. The number of carbonyl (C=O) groups excluding carboxylic acids is 1. The molecule has 0 aliphatic heterocycles. The molecule has 0 atom stereocenters. The first-order valence-electron chi connectivity index (χ1n) is 4.97. The van der Waals surface area contributed by atoms with Crippen LogP contribution in [0, 0.1) is 0 Å². The molecule has 0 spiro atoms. The average molecular weight is 234 g/mol. The molecular weight excluding hydrogens is 220 g/mol. The van der Waals surface area contributed by atoms with E-state index >= 15 is 0 Å². The van der Waals surface area contributed by atoms with Gasteiger partial charge in [0.05, 0.1) is 14.2 Å². The minimum Gasteiger partial charge on any atom is -0.508 e. The molecule has 0 aliphatic rings. The molecule has 0 amide bonds. The van der Waals surface area contributed by atoms with E-state index in [0.29, 0.717) is 0 Å². The molecule has 0 radical (unpaired) electrons. The first-order valence-corrected chi connectivity index (χ1v) is 4.97. The summed E-state index contributed by atoms with van der Waals surface area (Å²) in [5.74, 6) is -0.185. The Hall–Kier alpha value is -2.23. The van der Waals surface area contributed by atoms with Gasteiger partial charge in [-0.1, -0.05) is 24.3 Å². The molecule has 0 aromatic heterocycles. The smallest absolute Gasteiger partial charge is 0.373 e. The highest BCUT2D eigenvalue weighted by Crippen LogP contribution is 2.11. The summed E-state index contributed by atoms with van der Waals surface area (Å²) < 4.78 is 9.38. The van der Waals surface area contributed by atoms with Crippen molar-refractivity contribution in [1.29, 1.82) is 0 Å². The van der Waals surface area contributed by atoms with Gasteiger partial charge in [0.1, 0.15) is 5.75 Å². The van der Waals surface area contributed by atoms with Crippen molar-refractivity contribution in [3.8, 4) is 5.75 Å². The van der Waals surface area contributed by atoms with E-state index < -0.39 is 5.97 Å². The monoisotopic (exact) mass is 234 g/mol. The molecule has 0 saturated heterocycles. The zero-order chi connectivity index (χ0) is 12.7. The SMILES string of the molecule is COC(=O)C(=CC=Cc1ccc(O)cc1)OC. The number of ether oxygens (including phenoxy) is 2. The third-order valence-electron chi connectivity index (χ3n) is 2.04. The Bertz CT molecular complexity index is 429. The number of phenols is 1. The molecule has 4 nitrogen and oxygen atoms in total. The Labute approximate surface area is 99.8 Å². The third kappa shape index (κ3) is 4.03.